The molecule has 0 aliphatic carbocycles. The van der Waals surface area contributed by atoms with E-state index in [-0.39, 0.29) is 5.91 Å². The van der Waals surface area contributed by atoms with Crippen molar-refractivity contribution in [2.75, 3.05) is 53.6 Å². The minimum Gasteiger partial charge on any atom is -0.497 e. The Bertz CT molecular complexity index is 444. The predicted molar refractivity (Wildman–Crippen MR) is 77.2 cm³/mol. The first-order chi connectivity index (χ1) is 9.70. The van der Waals surface area contributed by atoms with Crippen LogP contribution in [0.15, 0.2) is 24.3 Å². The third-order valence-electron chi connectivity index (χ3n) is 3.52. The molecule has 5 nitrogen and oxygen atoms in total. The van der Waals surface area contributed by atoms with Gasteiger partial charge in [0, 0.05) is 38.8 Å². The van der Waals surface area contributed by atoms with E-state index in [4.69, 9.17) is 9.47 Å². The fourth-order valence-corrected chi connectivity index (χ4v) is 2.19. The lowest BCUT2D eigenvalue weighted by molar-refractivity contribution is 0.0338. The Kier molecular flexibility index (Phi) is 5.38. The first-order valence-electron chi connectivity index (χ1n) is 6.90. The normalized spacial score (nSPS) is 15.9. The molecule has 0 unspecified atom stereocenters. The van der Waals surface area contributed by atoms with Crippen molar-refractivity contribution in [1.29, 1.82) is 0 Å². The number of methoxy groups -OCH3 is 1. The topological polar surface area (TPSA) is 42.0 Å². The number of morpholine rings is 1. The molecule has 1 heterocycles. The summed E-state index contributed by atoms with van der Waals surface area (Å²) < 4.78 is 10.5. The maximum atomic E-state index is 12.3. The highest BCUT2D eigenvalue weighted by atomic mass is 16.5. The maximum absolute atomic E-state index is 12.3. The zero-order valence-corrected chi connectivity index (χ0v) is 12.2. The lowest BCUT2D eigenvalue weighted by Crippen LogP contribution is -2.41. The molecule has 5 heteroatoms. The Balaban J connectivity index is 1.87. The van der Waals surface area contributed by atoms with Crippen LogP contribution in [0.2, 0.25) is 0 Å². The van der Waals surface area contributed by atoms with E-state index in [9.17, 15) is 4.79 Å². The quantitative estimate of drug-likeness (QED) is 0.809. The Labute approximate surface area is 120 Å². The van der Waals surface area contributed by atoms with Gasteiger partial charge in [0.1, 0.15) is 5.75 Å². The van der Waals surface area contributed by atoms with E-state index in [0.29, 0.717) is 11.3 Å². The molecule has 0 bridgehead atoms. The van der Waals surface area contributed by atoms with E-state index >= 15 is 0 Å². The van der Waals surface area contributed by atoms with Crippen molar-refractivity contribution in [1.82, 2.24) is 9.80 Å². The van der Waals surface area contributed by atoms with Gasteiger partial charge in [0.2, 0.25) is 0 Å². The monoisotopic (exact) mass is 278 g/mol. The number of benzene rings is 1. The van der Waals surface area contributed by atoms with Crippen molar-refractivity contribution in [3.05, 3.63) is 29.8 Å². The summed E-state index contributed by atoms with van der Waals surface area (Å²) in [5.41, 5.74) is 0.661. The number of amides is 1. The zero-order valence-electron chi connectivity index (χ0n) is 12.2. The SMILES string of the molecule is COc1cccc(C(=O)N(C)CCN2CCOCC2)c1. The van der Waals surface area contributed by atoms with E-state index in [2.05, 4.69) is 4.90 Å². The highest BCUT2D eigenvalue weighted by molar-refractivity contribution is 5.94. The fraction of sp³-hybridized carbons (Fsp3) is 0.533. The summed E-state index contributed by atoms with van der Waals surface area (Å²) in [6, 6.07) is 7.26. The average molecular weight is 278 g/mol. The molecule has 1 aliphatic rings. The lowest BCUT2D eigenvalue weighted by Gasteiger charge is -2.28. The molecule has 1 aromatic carbocycles. The molecule has 0 aromatic heterocycles. The number of hydrogen-bond donors (Lipinski definition) is 0. The molecule has 110 valence electrons. The van der Waals surface area contributed by atoms with Gasteiger partial charge < -0.3 is 14.4 Å². The van der Waals surface area contributed by atoms with Gasteiger partial charge in [-0.3, -0.25) is 9.69 Å². The third-order valence-corrected chi connectivity index (χ3v) is 3.52. The number of hydrogen-bond acceptors (Lipinski definition) is 4. The maximum Gasteiger partial charge on any atom is 0.253 e. The second kappa shape index (κ2) is 7.26. The molecule has 0 spiro atoms. The Morgan fingerprint density at radius 3 is 2.85 bits per heavy atom. The van der Waals surface area contributed by atoms with Crippen molar-refractivity contribution >= 4 is 5.91 Å². The van der Waals surface area contributed by atoms with Crippen LogP contribution < -0.4 is 4.74 Å². The minimum atomic E-state index is 0.0251. The van der Waals surface area contributed by atoms with Gasteiger partial charge in [0.15, 0.2) is 0 Å². The number of rotatable bonds is 5. The van der Waals surface area contributed by atoms with Crippen molar-refractivity contribution in [3.63, 3.8) is 0 Å². The largest absolute Gasteiger partial charge is 0.497 e. The molecule has 1 fully saturated rings. The zero-order chi connectivity index (χ0) is 14.4. The first kappa shape index (κ1) is 14.8. The molecule has 1 aromatic rings. The van der Waals surface area contributed by atoms with Gasteiger partial charge in [0.05, 0.1) is 20.3 Å². The average Bonchev–Trinajstić information content (AvgIpc) is 2.53. The van der Waals surface area contributed by atoms with Crippen LogP contribution in [-0.4, -0.2) is 69.3 Å². The second-order valence-electron chi connectivity index (χ2n) is 4.91. The molecule has 20 heavy (non-hydrogen) atoms. The van der Waals surface area contributed by atoms with Gasteiger partial charge in [-0.1, -0.05) is 6.07 Å². The molecule has 1 aliphatic heterocycles. The molecule has 0 N–H and O–H groups in total. The number of carbonyl (C=O) groups is 1. The third kappa shape index (κ3) is 3.95. The van der Waals surface area contributed by atoms with Crippen molar-refractivity contribution in [2.24, 2.45) is 0 Å². The summed E-state index contributed by atoms with van der Waals surface area (Å²) in [4.78, 5) is 16.4. The summed E-state index contributed by atoms with van der Waals surface area (Å²) in [6.45, 7) is 5.06. The molecule has 0 radical (unpaired) electrons. The minimum absolute atomic E-state index is 0.0251. The predicted octanol–water partition coefficient (Wildman–Crippen LogP) is 1.10. The van der Waals surface area contributed by atoms with E-state index in [0.717, 1.165) is 39.4 Å². The van der Waals surface area contributed by atoms with Crippen LogP contribution in [0.1, 0.15) is 10.4 Å². The fourth-order valence-electron chi connectivity index (χ4n) is 2.19. The summed E-state index contributed by atoms with van der Waals surface area (Å²) in [5.74, 6) is 0.731. The highest BCUT2D eigenvalue weighted by Gasteiger charge is 2.15. The number of nitrogens with zero attached hydrogens (tertiary/aromatic N) is 2. The van der Waals surface area contributed by atoms with Crippen molar-refractivity contribution in [2.45, 2.75) is 0 Å². The molecule has 2 rings (SSSR count). The summed E-state index contributed by atoms with van der Waals surface area (Å²) in [7, 11) is 3.44. The number of likely N-dealkylation sites (N-methyl/N-ethyl adjacent to an activating group) is 1. The smallest absolute Gasteiger partial charge is 0.253 e. The Morgan fingerprint density at radius 1 is 1.40 bits per heavy atom. The summed E-state index contributed by atoms with van der Waals surface area (Å²) in [6.07, 6.45) is 0. The lowest BCUT2D eigenvalue weighted by atomic mass is 10.2. The molecule has 0 saturated carbocycles. The highest BCUT2D eigenvalue weighted by Crippen LogP contribution is 2.14. The van der Waals surface area contributed by atoms with Crippen LogP contribution >= 0.6 is 0 Å². The van der Waals surface area contributed by atoms with Gasteiger partial charge in [-0.15, -0.1) is 0 Å². The van der Waals surface area contributed by atoms with Gasteiger partial charge in [-0.25, -0.2) is 0 Å². The van der Waals surface area contributed by atoms with Crippen LogP contribution in [0.5, 0.6) is 5.75 Å². The standard InChI is InChI=1S/C15H22N2O3/c1-16(6-7-17-8-10-20-11-9-17)15(18)13-4-3-5-14(12-13)19-2/h3-5,12H,6-11H2,1-2H3. The van der Waals surface area contributed by atoms with E-state index in [1.165, 1.54) is 0 Å². The van der Waals surface area contributed by atoms with Crippen LogP contribution in [0.3, 0.4) is 0 Å². The molecule has 1 amide bonds. The number of carbonyl (C=O) groups excluding carboxylic acids is 1. The van der Waals surface area contributed by atoms with Gasteiger partial charge in [-0.2, -0.15) is 0 Å². The molecular weight excluding hydrogens is 256 g/mol. The number of ether oxygens (including phenoxy) is 2. The van der Waals surface area contributed by atoms with E-state index in [1.54, 1.807) is 18.1 Å². The van der Waals surface area contributed by atoms with Gasteiger partial charge in [0.25, 0.3) is 5.91 Å². The van der Waals surface area contributed by atoms with Gasteiger partial charge in [-0.05, 0) is 18.2 Å². The van der Waals surface area contributed by atoms with Crippen molar-refractivity contribution in [3.8, 4) is 5.75 Å². The van der Waals surface area contributed by atoms with E-state index in [1.807, 2.05) is 25.2 Å². The van der Waals surface area contributed by atoms with E-state index < -0.39 is 0 Å². The first-order valence-corrected chi connectivity index (χ1v) is 6.90. The van der Waals surface area contributed by atoms with Crippen LogP contribution in [0, 0.1) is 0 Å². The van der Waals surface area contributed by atoms with Gasteiger partial charge >= 0.3 is 0 Å². The van der Waals surface area contributed by atoms with Crippen LogP contribution in [0.25, 0.3) is 0 Å². The summed E-state index contributed by atoms with van der Waals surface area (Å²) >= 11 is 0. The van der Waals surface area contributed by atoms with Crippen molar-refractivity contribution < 1.29 is 14.3 Å². The summed E-state index contributed by atoms with van der Waals surface area (Å²) in [5, 5.41) is 0. The Morgan fingerprint density at radius 2 is 2.15 bits per heavy atom. The molecule has 1 saturated heterocycles. The molecule has 0 atom stereocenters. The second-order valence-corrected chi connectivity index (χ2v) is 4.91. The van der Waals surface area contributed by atoms with Crippen LogP contribution in [0.4, 0.5) is 0 Å². The Hall–Kier alpha value is -1.59. The molecular formula is C15H22N2O3. The van der Waals surface area contributed by atoms with Crippen LogP contribution in [-0.2, 0) is 4.74 Å².